The monoisotopic (exact) mass is 432 g/mol. The standard InChI is InChI=1S/C25H32N6O/c1-16-7-8-20(17(2)12-16)25(32)30-10-5-4-6-22(30)21-13-23-27-24(18(3)14-31(23)28-21)29-11-9-19(26)15-29/h7-8,12-14,19,22H,4-6,9-11,15,26H2,1-3H3/t19-,22-/m0/s1. The lowest BCUT2D eigenvalue weighted by atomic mass is 9.97. The average Bonchev–Trinajstić information content (AvgIpc) is 3.38. The van der Waals surface area contributed by atoms with E-state index in [0.717, 1.165) is 79.2 Å². The zero-order valence-electron chi connectivity index (χ0n) is 19.2. The number of amides is 1. The van der Waals surface area contributed by atoms with Gasteiger partial charge in [0.2, 0.25) is 0 Å². The van der Waals surface area contributed by atoms with Gasteiger partial charge in [-0.3, -0.25) is 4.79 Å². The first kappa shape index (κ1) is 20.9. The predicted molar refractivity (Wildman–Crippen MR) is 126 cm³/mol. The molecule has 7 heteroatoms. The van der Waals surface area contributed by atoms with Gasteiger partial charge in [0.15, 0.2) is 5.65 Å². The van der Waals surface area contributed by atoms with Gasteiger partial charge in [-0.15, -0.1) is 0 Å². The lowest BCUT2D eigenvalue weighted by molar-refractivity contribution is 0.0605. The highest BCUT2D eigenvalue weighted by atomic mass is 16.2. The first-order chi connectivity index (χ1) is 15.4. The van der Waals surface area contributed by atoms with Crippen molar-refractivity contribution in [2.24, 2.45) is 5.73 Å². The van der Waals surface area contributed by atoms with E-state index in [0.29, 0.717) is 0 Å². The van der Waals surface area contributed by atoms with E-state index in [-0.39, 0.29) is 18.0 Å². The minimum Gasteiger partial charge on any atom is -0.355 e. The molecule has 5 rings (SSSR count). The number of likely N-dealkylation sites (tertiary alicyclic amines) is 1. The van der Waals surface area contributed by atoms with E-state index in [4.69, 9.17) is 15.8 Å². The number of piperidine rings is 1. The molecule has 168 valence electrons. The van der Waals surface area contributed by atoms with Crippen LogP contribution in [0.4, 0.5) is 5.82 Å². The molecule has 2 saturated heterocycles. The Bertz CT molecular complexity index is 1170. The van der Waals surface area contributed by atoms with Crippen molar-refractivity contribution in [1.29, 1.82) is 0 Å². The molecule has 32 heavy (non-hydrogen) atoms. The third kappa shape index (κ3) is 3.75. The molecule has 1 amide bonds. The van der Waals surface area contributed by atoms with Crippen LogP contribution in [0.3, 0.4) is 0 Å². The van der Waals surface area contributed by atoms with Crippen LogP contribution in [0.15, 0.2) is 30.5 Å². The third-order valence-corrected chi connectivity index (χ3v) is 6.87. The third-order valence-electron chi connectivity index (χ3n) is 6.87. The van der Waals surface area contributed by atoms with Crippen LogP contribution in [-0.4, -0.2) is 51.1 Å². The quantitative estimate of drug-likeness (QED) is 0.685. The Morgan fingerprint density at radius 1 is 1.06 bits per heavy atom. The van der Waals surface area contributed by atoms with Crippen molar-refractivity contribution < 1.29 is 4.79 Å². The summed E-state index contributed by atoms with van der Waals surface area (Å²) in [5, 5.41) is 4.86. The number of rotatable bonds is 3. The largest absolute Gasteiger partial charge is 0.355 e. The molecule has 2 N–H and O–H groups in total. The smallest absolute Gasteiger partial charge is 0.254 e. The predicted octanol–water partition coefficient (Wildman–Crippen LogP) is 3.56. The van der Waals surface area contributed by atoms with Crippen LogP contribution in [0.5, 0.6) is 0 Å². The van der Waals surface area contributed by atoms with E-state index in [1.165, 1.54) is 5.56 Å². The Labute approximate surface area is 189 Å². The Morgan fingerprint density at radius 3 is 2.66 bits per heavy atom. The number of fused-ring (bicyclic) bond motifs is 1. The van der Waals surface area contributed by atoms with Crippen LogP contribution in [0, 0.1) is 20.8 Å². The van der Waals surface area contributed by atoms with E-state index in [2.05, 4.69) is 30.9 Å². The summed E-state index contributed by atoms with van der Waals surface area (Å²) >= 11 is 0. The molecule has 2 aromatic heterocycles. The fourth-order valence-electron chi connectivity index (χ4n) is 5.17. The molecule has 0 unspecified atom stereocenters. The summed E-state index contributed by atoms with van der Waals surface area (Å²) in [6, 6.07) is 8.29. The highest BCUT2D eigenvalue weighted by Crippen LogP contribution is 2.33. The topological polar surface area (TPSA) is 79.8 Å². The average molecular weight is 433 g/mol. The number of hydrogen-bond acceptors (Lipinski definition) is 5. The number of carbonyl (C=O) groups excluding carboxylic acids is 1. The second kappa shape index (κ2) is 8.20. The molecule has 2 aliphatic heterocycles. The summed E-state index contributed by atoms with van der Waals surface area (Å²) in [6.07, 6.45) is 6.08. The summed E-state index contributed by atoms with van der Waals surface area (Å²) in [4.78, 5) is 22.7. The molecule has 4 heterocycles. The Hall–Kier alpha value is -2.93. The van der Waals surface area contributed by atoms with Gasteiger partial charge in [-0.25, -0.2) is 9.50 Å². The van der Waals surface area contributed by atoms with Gasteiger partial charge >= 0.3 is 0 Å². The summed E-state index contributed by atoms with van der Waals surface area (Å²) in [5.41, 5.74) is 11.9. The lowest BCUT2D eigenvalue weighted by Gasteiger charge is -2.35. The van der Waals surface area contributed by atoms with Gasteiger partial charge in [0.05, 0.1) is 11.7 Å². The Kier molecular flexibility index (Phi) is 5.37. The van der Waals surface area contributed by atoms with Crippen molar-refractivity contribution in [3.8, 4) is 0 Å². The van der Waals surface area contributed by atoms with Crippen molar-refractivity contribution in [2.75, 3.05) is 24.5 Å². The number of aromatic nitrogens is 3. The van der Waals surface area contributed by atoms with Gasteiger partial charge in [-0.05, 0) is 58.1 Å². The lowest BCUT2D eigenvalue weighted by Crippen LogP contribution is -2.39. The second-order valence-corrected chi connectivity index (χ2v) is 9.44. The number of aryl methyl sites for hydroxylation is 3. The molecular formula is C25H32N6O. The molecule has 2 atom stereocenters. The molecule has 3 aromatic rings. The number of benzene rings is 1. The van der Waals surface area contributed by atoms with Crippen molar-refractivity contribution in [3.63, 3.8) is 0 Å². The molecule has 0 radical (unpaired) electrons. The van der Waals surface area contributed by atoms with Crippen molar-refractivity contribution in [1.82, 2.24) is 19.5 Å². The van der Waals surface area contributed by atoms with Crippen LogP contribution in [-0.2, 0) is 0 Å². The molecule has 0 bridgehead atoms. The minimum absolute atomic E-state index is 0.0254. The second-order valence-electron chi connectivity index (χ2n) is 9.44. The SMILES string of the molecule is Cc1ccc(C(=O)N2CCCC[C@H]2c2cc3nc(N4CC[C@H](N)C4)c(C)cn3n2)c(C)c1. The maximum absolute atomic E-state index is 13.5. The van der Waals surface area contributed by atoms with Crippen LogP contribution < -0.4 is 10.6 Å². The first-order valence-corrected chi connectivity index (χ1v) is 11.7. The molecule has 1 aromatic carbocycles. The molecule has 0 spiro atoms. The summed E-state index contributed by atoms with van der Waals surface area (Å²) in [7, 11) is 0. The van der Waals surface area contributed by atoms with Gasteiger partial charge in [0.25, 0.3) is 5.91 Å². The fourth-order valence-corrected chi connectivity index (χ4v) is 5.17. The van der Waals surface area contributed by atoms with Gasteiger partial charge in [-0.1, -0.05) is 17.7 Å². The van der Waals surface area contributed by atoms with Crippen LogP contribution in [0.1, 0.15) is 64.5 Å². The fraction of sp³-hybridized carbons (Fsp3) is 0.480. The highest BCUT2D eigenvalue weighted by Gasteiger charge is 2.31. The number of hydrogen-bond donors (Lipinski definition) is 1. The van der Waals surface area contributed by atoms with Crippen LogP contribution >= 0.6 is 0 Å². The van der Waals surface area contributed by atoms with Crippen molar-refractivity contribution in [3.05, 3.63) is 58.4 Å². The van der Waals surface area contributed by atoms with E-state index < -0.39 is 0 Å². The summed E-state index contributed by atoms with van der Waals surface area (Å²) < 4.78 is 1.86. The molecule has 7 nitrogen and oxygen atoms in total. The number of nitrogens with zero attached hydrogens (tertiary/aromatic N) is 5. The highest BCUT2D eigenvalue weighted by molar-refractivity contribution is 5.96. The van der Waals surface area contributed by atoms with Gasteiger partial charge in [0, 0.05) is 49.1 Å². The number of anilines is 1. The Balaban J connectivity index is 1.47. The maximum Gasteiger partial charge on any atom is 0.254 e. The van der Waals surface area contributed by atoms with E-state index in [9.17, 15) is 4.79 Å². The first-order valence-electron chi connectivity index (χ1n) is 11.7. The van der Waals surface area contributed by atoms with E-state index in [1.807, 2.05) is 34.7 Å². The summed E-state index contributed by atoms with van der Waals surface area (Å²) in [5.74, 6) is 1.09. The van der Waals surface area contributed by atoms with Crippen molar-refractivity contribution >= 4 is 17.4 Å². The Morgan fingerprint density at radius 2 is 1.91 bits per heavy atom. The zero-order chi connectivity index (χ0) is 22.4. The van der Waals surface area contributed by atoms with Gasteiger partial charge < -0.3 is 15.5 Å². The molecular weight excluding hydrogens is 400 g/mol. The zero-order valence-corrected chi connectivity index (χ0v) is 19.2. The van der Waals surface area contributed by atoms with Crippen molar-refractivity contribution in [2.45, 2.75) is 58.5 Å². The van der Waals surface area contributed by atoms with E-state index in [1.54, 1.807) is 0 Å². The molecule has 0 saturated carbocycles. The number of carbonyl (C=O) groups is 1. The maximum atomic E-state index is 13.5. The van der Waals surface area contributed by atoms with Crippen LogP contribution in [0.2, 0.25) is 0 Å². The summed E-state index contributed by atoms with van der Waals surface area (Å²) in [6.45, 7) is 8.68. The molecule has 0 aliphatic carbocycles. The van der Waals surface area contributed by atoms with E-state index >= 15 is 0 Å². The normalized spacial score (nSPS) is 21.5. The molecule has 2 fully saturated rings. The van der Waals surface area contributed by atoms with Gasteiger partial charge in [-0.2, -0.15) is 5.10 Å². The molecule has 2 aliphatic rings. The minimum atomic E-state index is -0.0254. The number of nitrogens with two attached hydrogens (primary N) is 1. The van der Waals surface area contributed by atoms with Crippen LogP contribution in [0.25, 0.3) is 5.65 Å². The van der Waals surface area contributed by atoms with Gasteiger partial charge in [0.1, 0.15) is 5.82 Å².